The fourth-order valence-electron chi connectivity index (χ4n) is 2.77. The van der Waals surface area contributed by atoms with Crippen molar-refractivity contribution in [1.82, 2.24) is 9.97 Å². The van der Waals surface area contributed by atoms with Gasteiger partial charge in [-0.2, -0.15) is 4.98 Å². The van der Waals surface area contributed by atoms with E-state index in [0.717, 1.165) is 35.5 Å². The Bertz CT molecular complexity index is 954. The Hall–Kier alpha value is -3.41. The van der Waals surface area contributed by atoms with Crippen molar-refractivity contribution in [3.8, 4) is 11.3 Å². The van der Waals surface area contributed by atoms with E-state index in [-0.39, 0.29) is 5.91 Å². The van der Waals surface area contributed by atoms with E-state index in [1.54, 1.807) is 0 Å². The number of hydrogen-bond acceptors (Lipinski definition) is 5. The molecule has 0 spiro atoms. The van der Waals surface area contributed by atoms with Crippen LogP contribution >= 0.6 is 0 Å². The summed E-state index contributed by atoms with van der Waals surface area (Å²) in [5, 5.41) is 9.48. The molecule has 6 nitrogen and oxygen atoms in total. The van der Waals surface area contributed by atoms with Crippen molar-refractivity contribution in [3.63, 3.8) is 0 Å². The Labute approximate surface area is 158 Å². The van der Waals surface area contributed by atoms with Gasteiger partial charge >= 0.3 is 0 Å². The van der Waals surface area contributed by atoms with E-state index in [2.05, 4.69) is 25.9 Å². The molecule has 0 unspecified atom stereocenters. The zero-order valence-electron chi connectivity index (χ0n) is 15.1. The second-order valence-electron chi connectivity index (χ2n) is 6.63. The van der Waals surface area contributed by atoms with E-state index in [9.17, 15) is 4.79 Å². The summed E-state index contributed by atoms with van der Waals surface area (Å²) in [6, 6.07) is 20.0. The normalized spacial score (nSPS) is 13.1. The van der Waals surface area contributed by atoms with Crippen LogP contribution in [0.2, 0.25) is 0 Å². The summed E-state index contributed by atoms with van der Waals surface area (Å²) >= 11 is 0. The molecule has 1 amide bonds. The van der Waals surface area contributed by atoms with Gasteiger partial charge in [-0.15, -0.1) is 0 Å². The molecule has 6 heteroatoms. The highest BCUT2D eigenvalue weighted by atomic mass is 16.1. The largest absolute Gasteiger partial charge is 0.351 e. The second-order valence-corrected chi connectivity index (χ2v) is 6.63. The molecule has 3 aromatic rings. The minimum atomic E-state index is -0.100. The number of nitrogens with zero attached hydrogens (tertiary/aromatic N) is 2. The zero-order chi connectivity index (χ0) is 18.6. The van der Waals surface area contributed by atoms with Crippen molar-refractivity contribution < 1.29 is 4.79 Å². The van der Waals surface area contributed by atoms with E-state index in [4.69, 9.17) is 0 Å². The van der Waals surface area contributed by atoms with Crippen molar-refractivity contribution in [2.45, 2.75) is 25.8 Å². The molecule has 0 saturated heterocycles. The summed E-state index contributed by atoms with van der Waals surface area (Å²) in [4.78, 5) is 20.5. The van der Waals surface area contributed by atoms with Gasteiger partial charge in [-0.3, -0.25) is 4.79 Å². The highest BCUT2D eigenvalue weighted by Crippen LogP contribution is 2.28. The van der Waals surface area contributed by atoms with Gasteiger partial charge in [0.05, 0.1) is 5.69 Å². The van der Waals surface area contributed by atoms with E-state index >= 15 is 0 Å². The van der Waals surface area contributed by atoms with Crippen LogP contribution in [0.1, 0.15) is 19.8 Å². The van der Waals surface area contributed by atoms with Crippen LogP contribution in [-0.4, -0.2) is 21.9 Å². The van der Waals surface area contributed by atoms with Crippen molar-refractivity contribution in [2.24, 2.45) is 0 Å². The molecule has 136 valence electrons. The lowest BCUT2D eigenvalue weighted by Gasteiger charge is -2.12. The second kappa shape index (κ2) is 7.45. The summed E-state index contributed by atoms with van der Waals surface area (Å²) < 4.78 is 0. The molecule has 1 aliphatic rings. The number of rotatable bonds is 6. The number of carbonyl (C=O) groups is 1. The lowest BCUT2D eigenvalue weighted by molar-refractivity contribution is -0.114. The van der Waals surface area contributed by atoms with Gasteiger partial charge in [0.2, 0.25) is 11.9 Å². The van der Waals surface area contributed by atoms with Crippen LogP contribution in [0.3, 0.4) is 0 Å². The highest BCUT2D eigenvalue weighted by Gasteiger charge is 2.22. The zero-order valence-corrected chi connectivity index (χ0v) is 15.1. The van der Waals surface area contributed by atoms with Gasteiger partial charge in [-0.05, 0) is 31.0 Å². The maximum absolute atomic E-state index is 11.3. The monoisotopic (exact) mass is 359 g/mol. The van der Waals surface area contributed by atoms with Gasteiger partial charge in [0.25, 0.3) is 0 Å². The first kappa shape index (κ1) is 17.0. The standard InChI is InChI=1S/C21H21N5O/c1-14(27)22-17-8-5-9-18(12-17)23-20-13-19(15-6-3-2-4-7-15)25-21(26-20)24-16-10-11-16/h2-9,12-13,16H,10-11H2,1H3,(H,22,27)(H2,23,24,25,26). The quantitative estimate of drug-likeness (QED) is 0.607. The van der Waals surface area contributed by atoms with Crippen molar-refractivity contribution in [3.05, 3.63) is 60.7 Å². The SMILES string of the molecule is CC(=O)Nc1cccc(Nc2cc(-c3ccccc3)nc(NC3CC3)n2)c1. The fourth-order valence-corrected chi connectivity index (χ4v) is 2.77. The summed E-state index contributed by atoms with van der Waals surface area (Å²) in [6.45, 7) is 1.49. The van der Waals surface area contributed by atoms with Crippen LogP contribution in [0.15, 0.2) is 60.7 Å². The van der Waals surface area contributed by atoms with Crippen molar-refractivity contribution in [2.75, 3.05) is 16.0 Å². The molecule has 1 heterocycles. The number of amides is 1. The molecule has 1 aliphatic carbocycles. The van der Waals surface area contributed by atoms with Crippen LogP contribution < -0.4 is 16.0 Å². The van der Waals surface area contributed by atoms with Crippen LogP contribution in [0.5, 0.6) is 0 Å². The van der Waals surface area contributed by atoms with Gasteiger partial charge in [0.15, 0.2) is 0 Å². The minimum absolute atomic E-state index is 0.100. The molecule has 0 radical (unpaired) electrons. The van der Waals surface area contributed by atoms with Crippen LogP contribution in [0.25, 0.3) is 11.3 Å². The lowest BCUT2D eigenvalue weighted by atomic mass is 10.1. The van der Waals surface area contributed by atoms with Crippen LogP contribution in [-0.2, 0) is 4.79 Å². The Balaban J connectivity index is 1.64. The summed E-state index contributed by atoms with van der Waals surface area (Å²) in [6.07, 6.45) is 2.31. The van der Waals surface area contributed by atoms with Crippen molar-refractivity contribution >= 4 is 29.0 Å². The first-order chi connectivity index (χ1) is 13.2. The maximum Gasteiger partial charge on any atom is 0.225 e. The molecular formula is C21H21N5O. The Morgan fingerprint density at radius 3 is 2.48 bits per heavy atom. The third-order valence-corrected chi connectivity index (χ3v) is 4.16. The topological polar surface area (TPSA) is 78.9 Å². The van der Waals surface area contributed by atoms with Crippen molar-refractivity contribution in [1.29, 1.82) is 0 Å². The van der Waals surface area contributed by atoms with Gasteiger partial charge in [0.1, 0.15) is 5.82 Å². The van der Waals surface area contributed by atoms with E-state index in [0.29, 0.717) is 17.8 Å². The molecule has 2 aromatic carbocycles. The van der Waals surface area contributed by atoms with Crippen LogP contribution in [0.4, 0.5) is 23.1 Å². The highest BCUT2D eigenvalue weighted by molar-refractivity contribution is 5.89. The number of hydrogen-bond donors (Lipinski definition) is 3. The Kier molecular flexibility index (Phi) is 4.70. The van der Waals surface area contributed by atoms with E-state index in [1.807, 2.05) is 60.7 Å². The molecule has 1 aromatic heterocycles. The number of nitrogens with one attached hydrogen (secondary N) is 3. The summed E-state index contributed by atoms with van der Waals surface area (Å²) in [5.41, 5.74) is 3.47. The van der Waals surface area contributed by atoms with Gasteiger partial charge in [-0.1, -0.05) is 36.4 Å². The van der Waals surface area contributed by atoms with Crippen LogP contribution in [0, 0.1) is 0 Å². The van der Waals surface area contributed by atoms with Gasteiger partial charge < -0.3 is 16.0 Å². The van der Waals surface area contributed by atoms with E-state index < -0.39 is 0 Å². The Morgan fingerprint density at radius 1 is 0.963 bits per heavy atom. The Morgan fingerprint density at radius 2 is 1.74 bits per heavy atom. The number of carbonyl (C=O) groups excluding carboxylic acids is 1. The molecule has 0 aliphatic heterocycles. The molecule has 4 rings (SSSR count). The predicted molar refractivity (Wildman–Crippen MR) is 108 cm³/mol. The molecular weight excluding hydrogens is 338 g/mol. The van der Waals surface area contributed by atoms with E-state index in [1.165, 1.54) is 6.92 Å². The fraction of sp³-hybridized carbons (Fsp3) is 0.190. The average Bonchev–Trinajstić information content (AvgIpc) is 3.46. The third kappa shape index (κ3) is 4.61. The first-order valence-electron chi connectivity index (χ1n) is 9.01. The molecule has 0 atom stereocenters. The molecule has 3 N–H and O–H groups in total. The smallest absolute Gasteiger partial charge is 0.225 e. The maximum atomic E-state index is 11.3. The number of benzene rings is 2. The summed E-state index contributed by atoms with van der Waals surface area (Å²) in [5.74, 6) is 1.22. The third-order valence-electron chi connectivity index (χ3n) is 4.16. The molecule has 27 heavy (non-hydrogen) atoms. The molecule has 1 saturated carbocycles. The first-order valence-corrected chi connectivity index (χ1v) is 9.01. The van der Waals surface area contributed by atoms with Gasteiger partial charge in [-0.25, -0.2) is 4.98 Å². The number of anilines is 4. The van der Waals surface area contributed by atoms with Gasteiger partial charge in [0, 0.05) is 36.0 Å². The average molecular weight is 359 g/mol. The predicted octanol–water partition coefficient (Wildman–Crippen LogP) is 4.42. The summed E-state index contributed by atoms with van der Waals surface area (Å²) in [7, 11) is 0. The lowest BCUT2D eigenvalue weighted by Crippen LogP contribution is -2.08. The minimum Gasteiger partial charge on any atom is -0.351 e. The molecule has 1 fully saturated rings. The number of aromatic nitrogens is 2. The molecule has 0 bridgehead atoms.